The summed E-state index contributed by atoms with van der Waals surface area (Å²) in [6.45, 7) is 0.818. The number of carbonyl (C=O) groups excluding carboxylic acids is 1. The molecular weight excluding hydrogens is 312 g/mol. The van der Waals surface area contributed by atoms with Crippen molar-refractivity contribution >= 4 is 15.9 Å². The van der Waals surface area contributed by atoms with Crippen molar-refractivity contribution in [2.75, 3.05) is 19.6 Å². The molecule has 9 nitrogen and oxygen atoms in total. The summed E-state index contributed by atoms with van der Waals surface area (Å²) in [5, 5.41) is 0. The number of aryl methyl sites for hydroxylation is 1. The first kappa shape index (κ1) is 16.4. The number of nitrogens with zero attached hydrogens (tertiary/aromatic N) is 3. The molecule has 22 heavy (non-hydrogen) atoms. The van der Waals surface area contributed by atoms with Crippen LogP contribution in [0.2, 0.25) is 0 Å². The summed E-state index contributed by atoms with van der Waals surface area (Å²) in [6, 6.07) is 0. The van der Waals surface area contributed by atoms with Crippen molar-refractivity contribution in [2.45, 2.75) is 17.7 Å². The Morgan fingerprint density at radius 3 is 2.41 bits per heavy atom. The van der Waals surface area contributed by atoms with Crippen LogP contribution in [0.5, 0.6) is 0 Å². The summed E-state index contributed by atoms with van der Waals surface area (Å²) in [7, 11) is -1.63. The summed E-state index contributed by atoms with van der Waals surface area (Å²) in [5.41, 5.74) is -1.55. The fourth-order valence-corrected chi connectivity index (χ4v) is 3.40. The van der Waals surface area contributed by atoms with Gasteiger partial charge in [0.1, 0.15) is 0 Å². The highest BCUT2D eigenvalue weighted by Crippen LogP contribution is 2.07. The van der Waals surface area contributed by atoms with Crippen molar-refractivity contribution in [3.05, 3.63) is 27.0 Å². The van der Waals surface area contributed by atoms with E-state index in [-0.39, 0.29) is 5.91 Å². The van der Waals surface area contributed by atoms with Gasteiger partial charge in [0.15, 0.2) is 4.90 Å². The van der Waals surface area contributed by atoms with Crippen LogP contribution in [-0.2, 0) is 28.9 Å². The smallest absolute Gasteiger partial charge is 0.330 e. The highest BCUT2D eigenvalue weighted by molar-refractivity contribution is 7.89. The largest absolute Gasteiger partial charge is 0.342 e. The minimum absolute atomic E-state index is 0.331. The summed E-state index contributed by atoms with van der Waals surface area (Å²) < 4.78 is 28.2. The molecule has 1 fully saturated rings. The van der Waals surface area contributed by atoms with Crippen molar-refractivity contribution < 1.29 is 13.2 Å². The Kier molecular flexibility index (Phi) is 4.52. The van der Waals surface area contributed by atoms with Crippen molar-refractivity contribution in [3.8, 4) is 0 Å². The van der Waals surface area contributed by atoms with Crippen LogP contribution in [0, 0.1) is 0 Å². The van der Waals surface area contributed by atoms with Gasteiger partial charge in [-0.3, -0.25) is 14.2 Å². The number of aromatic nitrogens is 2. The van der Waals surface area contributed by atoms with Gasteiger partial charge >= 0.3 is 5.69 Å². The number of likely N-dealkylation sites (tertiary alicyclic amines) is 1. The molecule has 1 saturated heterocycles. The molecule has 0 aromatic carbocycles. The van der Waals surface area contributed by atoms with Crippen LogP contribution in [0.3, 0.4) is 0 Å². The summed E-state index contributed by atoms with van der Waals surface area (Å²) in [6.07, 6.45) is 2.76. The van der Waals surface area contributed by atoms with E-state index in [0.29, 0.717) is 17.7 Å². The molecule has 0 radical (unpaired) electrons. The Bertz CT molecular complexity index is 802. The number of hydrogen-bond acceptors (Lipinski definition) is 5. The highest BCUT2D eigenvalue weighted by Gasteiger charge is 2.24. The van der Waals surface area contributed by atoms with Crippen LogP contribution in [0.15, 0.2) is 20.7 Å². The minimum Gasteiger partial charge on any atom is -0.342 e. The quantitative estimate of drug-likeness (QED) is 0.685. The molecule has 2 heterocycles. The number of nitrogens with one attached hydrogen (secondary N) is 1. The predicted octanol–water partition coefficient (Wildman–Crippen LogP) is -2.02. The van der Waals surface area contributed by atoms with Gasteiger partial charge in [-0.1, -0.05) is 0 Å². The average Bonchev–Trinajstić information content (AvgIpc) is 3.00. The standard InChI is InChI=1S/C12H18N4O5S/c1-14-8-9(11(18)15(2)12(14)19)22(20,21)13-7-10(17)16-5-3-4-6-16/h8,13H,3-7H2,1-2H3. The number of rotatable bonds is 4. The maximum atomic E-state index is 12.2. The Morgan fingerprint density at radius 1 is 1.23 bits per heavy atom. The zero-order valence-corrected chi connectivity index (χ0v) is 13.2. The van der Waals surface area contributed by atoms with Gasteiger partial charge in [-0.25, -0.2) is 17.9 Å². The maximum Gasteiger partial charge on any atom is 0.330 e. The maximum absolute atomic E-state index is 12.2. The van der Waals surface area contributed by atoms with Crippen LogP contribution >= 0.6 is 0 Å². The third-order valence-electron chi connectivity index (χ3n) is 3.58. The third-order valence-corrected chi connectivity index (χ3v) is 4.96. The Morgan fingerprint density at radius 2 is 1.82 bits per heavy atom. The van der Waals surface area contributed by atoms with E-state index in [9.17, 15) is 22.8 Å². The van der Waals surface area contributed by atoms with Gasteiger partial charge in [0.05, 0.1) is 6.54 Å². The Hall–Kier alpha value is -1.94. The summed E-state index contributed by atoms with van der Waals surface area (Å²) in [5.74, 6) is -0.331. The number of hydrogen-bond donors (Lipinski definition) is 1. The van der Waals surface area contributed by atoms with E-state index in [2.05, 4.69) is 4.72 Å². The van der Waals surface area contributed by atoms with E-state index in [0.717, 1.165) is 23.6 Å². The second kappa shape index (κ2) is 6.05. The van der Waals surface area contributed by atoms with Gasteiger partial charge in [0.2, 0.25) is 15.9 Å². The van der Waals surface area contributed by atoms with Crippen LogP contribution in [0.25, 0.3) is 0 Å². The molecule has 0 saturated carbocycles. The molecule has 1 aliphatic rings. The summed E-state index contributed by atoms with van der Waals surface area (Å²) in [4.78, 5) is 36.3. The van der Waals surface area contributed by atoms with Crippen molar-refractivity contribution in [1.29, 1.82) is 0 Å². The topological polar surface area (TPSA) is 110 Å². The van der Waals surface area contributed by atoms with Gasteiger partial charge in [-0.2, -0.15) is 0 Å². The second-order valence-electron chi connectivity index (χ2n) is 5.16. The average molecular weight is 330 g/mol. The van der Waals surface area contributed by atoms with Crippen molar-refractivity contribution in [1.82, 2.24) is 18.8 Å². The molecule has 0 bridgehead atoms. The van der Waals surface area contributed by atoms with Gasteiger partial charge in [0, 0.05) is 33.4 Å². The van der Waals surface area contributed by atoms with Crippen LogP contribution in [0.1, 0.15) is 12.8 Å². The monoisotopic (exact) mass is 330 g/mol. The zero-order chi connectivity index (χ0) is 16.5. The first-order valence-corrected chi connectivity index (χ1v) is 8.26. The third kappa shape index (κ3) is 3.12. The van der Waals surface area contributed by atoms with Crippen LogP contribution < -0.4 is 16.0 Å². The molecule has 0 aliphatic carbocycles. The lowest BCUT2D eigenvalue weighted by Crippen LogP contribution is -2.43. The lowest BCUT2D eigenvalue weighted by Gasteiger charge is -2.15. The molecule has 1 aromatic heterocycles. The van der Waals surface area contributed by atoms with E-state index < -0.39 is 32.7 Å². The molecule has 1 amide bonds. The van der Waals surface area contributed by atoms with Gasteiger partial charge < -0.3 is 9.47 Å². The second-order valence-corrected chi connectivity index (χ2v) is 6.90. The minimum atomic E-state index is -4.17. The van der Waals surface area contributed by atoms with Crippen molar-refractivity contribution in [2.24, 2.45) is 14.1 Å². The van der Waals surface area contributed by atoms with Gasteiger partial charge in [-0.05, 0) is 12.8 Å². The summed E-state index contributed by atoms with van der Waals surface area (Å²) >= 11 is 0. The predicted molar refractivity (Wildman–Crippen MR) is 77.9 cm³/mol. The molecule has 122 valence electrons. The molecule has 1 aliphatic heterocycles. The zero-order valence-electron chi connectivity index (χ0n) is 12.4. The van der Waals surface area contributed by atoms with E-state index in [4.69, 9.17) is 0 Å². The Balaban J connectivity index is 2.22. The molecule has 2 rings (SSSR count). The van der Waals surface area contributed by atoms with E-state index in [1.165, 1.54) is 14.1 Å². The number of carbonyl (C=O) groups is 1. The van der Waals surface area contributed by atoms with Gasteiger partial charge in [-0.15, -0.1) is 0 Å². The number of amides is 1. The van der Waals surface area contributed by atoms with E-state index >= 15 is 0 Å². The molecule has 0 atom stereocenters. The fraction of sp³-hybridized carbons (Fsp3) is 0.583. The van der Waals surface area contributed by atoms with Gasteiger partial charge in [0.25, 0.3) is 5.56 Å². The first-order valence-electron chi connectivity index (χ1n) is 6.78. The molecule has 10 heteroatoms. The lowest BCUT2D eigenvalue weighted by atomic mass is 10.4. The molecule has 1 aromatic rings. The normalized spacial score (nSPS) is 15.3. The number of sulfonamides is 1. The SMILES string of the molecule is Cn1cc(S(=O)(=O)NCC(=O)N2CCCC2)c(=O)n(C)c1=O. The fourth-order valence-electron chi connectivity index (χ4n) is 2.27. The van der Waals surface area contributed by atoms with E-state index in [1.807, 2.05) is 0 Å². The van der Waals surface area contributed by atoms with Crippen molar-refractivity contribution in [3.63, 3.8) is 0 Å². The molecule has 0 unspecified atom stereocenters. The first-order chi connectivity index (χ1) is 10.2. The molecular formula is C12H18N4O5S. The highest BCUT2D eigenvalue weighted by atomic mass is 32.2. The lowest BCUT2D eigenvalue weighted by molar-refractivity contribution is -0.128. The molecule has 0 spiro atoms. The Labute approximate surface area is 127 Å². The van der Waals surface area contributed by atoms with E-state index in [1.54, 1.807) is 4.90 Å². The van der Waals surface area contributed by atoms with Crippen LogP contribution in [-0.4, -0.2) is 48.0 Å². The van der Waals surface area contributed by atoms with Crippen LogP contribution in [0.4, 0.5) is 0 Å². The molecule has 1 N–H and O–H groups in total.